The van der Waals surface area contributed by atoms with Gasteiger partial charge in [-0.3, -0.25) is 4.79 Å². The quantitative estimate of drug-likeness (QED) is 0.686. The van der Waals surface area contributed by atoms with E-state index >= 15 is 0 Å². The maximum Gasteiger partial charge on any atom is 0.418 e. The molecule has 0 unspecified atom stereocenters. The normalized spacial score (nSPS) is 11.3. The van der Waals surface area contributed by atoms with E-state index in [2.05, 4.69) is 4.98 Å². The van der Waals surface area contributed by atoms with Crippen LogP contribution in [0.25, 0.3) is 0 Å². The van der Waals surface area contributed by atoms with Gasteiger partial charge in [-0.15, -0.1) is 0 Å². The van der Waals surface area contributed by atoms with Gasteiger partial charge in [-0.1, -0.05) is 0 Å². The van der Waals surface area contributed by atoms with Gasteiger partial charge < -0.3 is 5.11 Å². The minimum Gasteiger partial charge on any atom is -0.506 e. The highest BCUT2D eigenvalue weighted by Crippen LogP contribution is 2.32. The first-order valence-electron chi connectivity index (χ1n) is 3.16. The summed E-state index contributed by atoms with van der Waals surface area (Å²) in [6.45, 7) is 0. The van der Waals surface area contributed by atoms with Crippen molar-refractivity contribution in [3.05, 3.63) is 23.5 Å². The molecule has 0 fully saturated rings. The van der Waals surface area contributed by atoms with Gasteiger partial charge in [-0.2, -0.15) is 13.2 Å². The van der Waals surface area contributed by atoms with E-state index in [1.807, 2.05) is 0 Å². The summed E-state index contributed by atoms with van der Waals surface area (Å²) in [6.07, 6.45) is -3.91. The lowest BCUT2D eigenvalue weighted by molar-refractivity contribution is -0.138. The minimum atomic E-state index is -4.68. The number of pyridine rings is 1. The van der Waals surface area contributed by atoms with Crippen molar-refractivity contribution in [2.45, 2.75) is 6.18 Å². The number of halogens is 3. The Bertz CT molecular complexity index is 335. The van der Waals surface area contributed by atoms with Crippen LogP contribution in [0.2, 0.25) is 0 Å². The van der Waals surface area contributed by atoms with E-state index in [1.165, 1.54) is 0 Å². The van der Waals surface area contributed by atoms with Crippen molar-refractivity contribution < 1.29 is 23.1 Å². The number of carbonyl (C=O) groups excluding carboxylic acids is 1. The molecule has 0 amide bonds. The molecular formula is C7H4F3NO2. The summed E-state index contributed by atoms with van der Waals surface area (Å²) in [7, 11) is 0. The third-order valence-corrected chi connectivity index (χ3v) is 1.32. The fraction of sp³-hybridized carbons (Fsp3) is 0.143. The van der Waals surface area contributed by atoms with Gasteiger partial charge in [0.15, 0.2) is 6.29 Å². The summed E-state index contributed by atoms with van der Waals surface area (Å²) in [5, 5.41) is 8.72. The molecule has 1 N–H and O–H groups in total. The number of rotatable bonds is 1. The number of carbonyl (C=O) groups is 1. The Kier molecular flexibility index (Phi) is 2.22. The van der Waals surface area contributed by atoms with E-state index in [4.69, 9.17) is 5.11 Å². The van der Waals surface area contributed by atoms with Gasteiger partial charge in [0.1, 0.15) is 11.4 Å². The first kappa shape index (κ1) is 9.50. The third kappa shape index (κ3) is 1.95. The molecule has 1 heterocycles. The molecule has 1 aromatic heterocycles. The Hall–Kier alpha value is -1.59. The second-order valence-electron chi connectivity index (χ2n) is 2.24. The van der Waals surface area contributed by atoms with Crippen molar-refractivity contribution in [1.82, 2.24) is 4.98 Å². The molecule has 0 radical (unpaired) electrons. The van der Waals surface area contributed by atoms with Crippen LogP contribution in [0.1, 0.15) is 16.1 Å². The third-order valence-electron chi connectivity index (χ3n) is 1.32. The largest absolute Gasteiger partial charge is 0.506 e. The lowest BCUT2D eigenvalue weighted by atomic mass is 10.2. The van der Waals surface area contributed by atoms with Crippen LogP contribution >= 0.6 is 0 Å². The smallest absolute Gasteiger partial charge is 0.418 e. The summed E-state index contributed by atoms with van der Waals surface area (Å²) < 4.78 is 36.3. The van der Waals surface area contributed by atoms with Gasteiger partial charge in [0.05, 0.1) is 11.8 Å². The number of aromatic hydroxyl groups is 1. The number of aldehydes is 1. The van der Waals surface area contributed by atoms with Crippen LogP contribution in [0.3, 0.4) is 0 Å². The number of nitrogens with zero attached hydrogens (tertiary/aromatic N) is 1. The number of aromatic nitrogens is 1. The Morgan fingerprint density at radius 3 is 2.54 bits per heavy atom. The van der Waals surface area contributed by atoms with E-state index in [0.29, 0.717) is 6.07 Å². The van der Waals surface area contributed by atoms with Gasteiger partial charge >= 0.3 is 6.18 Å². The summed E-state index contributed by atoms with van der Waals surface area (Å²) in [5.74, 6) is -0.627. The van der Waals surface area contributed by atoms with Crippen molar-refractivity contribution >= 4 is 6.29 Å². The molecule has 13 heavy (non-hydrogen) atoms. The standard InChI is InChI=1S/C7H4F3NO2/c8-7(9,10)5-1-4(13)2-11-6(5)3-12/h1-3,13H. The topological polar surface area (TPSA) is 50.2 Å². The lowest BCUT2D eigenvalue weighted by Crippen LogP contribution is -2.09. The molecule has 3 nitrogen and oxygen atoms in total. The fourth-order valence-electron chi connectivity index (χ4n) is 0.785. The molecule has 0 aliphatic carbocycles. The van der Waals surface area contributed by atoms with Gasteiger partial charge in [0.2, 0.25) is 0 Å². The van der Waals surface area contributed by atoms with E-state index in [1.54, 1.807) is 0 Å². The number of hydrogen-bond acceptors (Lipinski definition) is 3. The second-order valence-corrected chi connectivity index (χ2v) is 2.24. The van der Waals surface area contributed by atoms with E-state index < -0.39 is 23.2 Å². The van der Waals surface area contributed by atoms with Crippen molar-refractivity contribution in [2.24, 2.45) is 0 Å². The minimum absolute atomic E-state index is 0.0116. The summed E-state index contributed by atoms with van der Waals surface area (Å²) in [4.78, 5) is 13.3. The highest BCUT2D eigenvalue weighted by Gasteiger charge is 2.34. The van der Waals surface area contributed by atoms with Crippen LogP contribution in [0.4, 0.5) is 13.2 Å². The van der Waals surface area contributed by atoms with Crippen molar-refractivity contribution in [2.75, 3.05) is 0 Å². The van der Waals surface area contributed by atoms with E-state index in [0.717, 1.165) is 6.20 Å². The summed E-state index contributed by atoms with van der Waals surface area (Å²) in [6, 6.07) is 0.455. The Labute approximate surface area is 70.8 Å². The zero-order valence-corrected chi connectivity index (χ0v) is 6.17. The van der Waals surface area contributed by atoms with Gasteiger partial charge in [-0.05, 0) is 6.07 Å². The van der Waals surface area contributed by atoms with Crippen LogP contribution < -0.4 is 0 Å². The molecule has 0 atom stereocenters. The zero-order valence-electron chi connectivity index (χ0n) is 6.17. The van der Waals surface area contributed by atoms with Crippen LogP contribution in [0.15, 0.2) is 12.3 Å². The van der Waals surface area contributed by atoms with Crippen LogP contribution in [0, 0.1) is 0 Å². The molecule has 1 aromatic rings. The fourth-order valence-corrected chi connectivity index (χ4v) is 0.785. The highest BCUT2D eigenvalue weighted by atomic mass is 19.4. The second kappa shape index (κ2) is 3.04. The first-order valence-corrected chi connectivity index (χ1v) is 3.16. The SMILES string of the molecule is O=Cc1ncc(O)cc1C(F)(F)F. The highest BCUT2D eigenvalue weighted by molar-refractivity contribution is 5.74. The first-order chi connectivity index (χ1) is 5.95. The molecule has 0 aliphatic rings. The average molecular weight is 191 g/mol. The van der Waals surface area contributed by atoms with Gasteiger partial charge in [0, 0.05) is 0 Å². The molecule has 0 aromatic carbocycles. The van der Waals surface area contributed by atoms with Gasteiger partial charge in [0.25, 0.3) is 0 Å². The molecular weight excluding hydrogens is 187 g/mol. The van der Waals surface area contributed by atoms with Crippen LogP contribution in [0.5, 0.6) is 5.75 Å². The summed E-state index contributed by atoms with van der Waals surface area (Å²) in [5.41, 5.74) is -1.96. The summed E-state index contributed by atoms with van der Waals surface area (Å²) >= 11 is 0. The number of hydrogen-bond donors (Lipinski definition) is 1. The lowest BCUT2D eigenvalue weighted by Gasteiger charge is -2.07. The van der Waals surface area contributed by atoms with Crippen LogP contribution in [-0.4, -0.2) is 16.4 Å². The maximum absolute atomic E-state index is 12.1. The molecule has 6 heteroatoms. The monoisotopic (exact) mass is 191 g/mol. The predicted molar refractivity (Wildman–Crippen MR) is 36.3 cm³/mol. The maximum atomic E-state index is 12.1. The Morgan fingerprint density at radius 2 is 2.08 bits per heavy atom. The molecule has 70 valence electrons. The Morgan fingerprint density at radius 1 is 1.46 bits per heavy atom. The molecule has 0 aliphatic heterocycles. The molecule has 0 saturated heterocycles. The number of alkyl halides is 3. The molecule has 0 bridgehead atoms. The Balaban J connectivity index is 3.32. The van der Waals surface area contributed by atoms with Crippen molar-refractivity contribution in [1.29, 1.82) is 0 Å². The molecule has 1 rings (SSSR count). The molecule has 0 spiro atoms. The van der Waals surface area contributed by atoms with Crippen molar-refractivity contribution in [3.8, 4) is 5.75 Å². The van der Waals surface area contributed by atoms with E-state index in [-0.39, 0.29) is 6.29 Å². The zero-order chi connectivity index (χ0) is 10.1. The predicted octanol–water partition coefficient (Wildman–Crippen LogP) is 1.62. The molecule has 0 saturated carbocycles. The van der Waals surface area contributed by atoms with Gasteiger partial charge in [-0.25, -0.2) is 4.98 Å². The average Bonchev–Trinajstić information content (AvgIpc) is 2.03. The van der Waals surface area contributed by atoms with Crippen molar-refractivity contribution in [3.63, 3.8) is 0 Å². The van der Waals surface area contributed by atoms with E-state index in [9.17, 15) is 18.0 Å². The van der Waals surface area contributed by atoms with Crippen LogP contribution in [-0.2, 0) is 6.18 Å².